The van der Waals surface area contributed by atoms with Crippen molar-refractivity contribution in [3.8, 4) is 17.2 Å². The van der Waals surface area contributed by atoms with Crippen molar-refractivity contribution in [3.05, 3.63) is 64.9 Å². The van der Waals surface area contributed by atoms with Gasteiger partial charge in [-0.15, -0.1) is 0 Å². The molecule has 0 radical (unpaired) electrons. The van der Waals surface area contributed by atoms with Crippen molar-refractivity contribution in [2.75, 3.05) is 27.5 Å². The Morgan fingerprint density at radius 3 is 2.55 bits per heavy atom. The molecule has 3 aromatic carbocycles. The summed E-state index contributed by atoms with van der Waals surface area (Å²) in [5, 5.41) is 2.87. The molecule has 0 bridgehead atoms. The molecule has 1 aliphatic rings. The maximum absolute atomic E-state index is 12.5. The maximum atomic E-state index is 12.5. The fourth-order valence-corrected chi connectivity index (χ4v) is 4.81. The molecule has 4 aromatic rings. The quantitative estimate of drug-likeness (QED) is 0.365. The SMILES string of the molecule is COc1ccc(CCN2COc3c(c4c(C(C)=O)c(C)oc4c4ccccc34)C2)cc1OC. The second-order valence-corrected chi connectivity index (χ2v) is 8.41. The van der Waals surface area contributed by atoms with Crippen molar-refractivity contribution in [3.63, 3.8) is 0 Å². The van der Waals surface area contributed by atoms with Crippen LogP contribution in [-0.2, 0) is 13.0 Å². The van der Waals surface area contributed by atoms with Gasteiger partial charge >= 0.3 is 0 Å². The number of ketones is 1. The molecule has 1 aromatic heterocycles. The molecule has 33 heavy (non-hydrogen) atoms. The first-order valence-corrected chi connectivity index (χ1v) is 11.1. The smallest absolute Gasteiger partial charge is 0.163 e. The molecule has 0 atom stereocenters. The topological polar surface area (TPSA) is 61.1 Å². The van der Waals surface area contributed by atoms with Gasteiger partial charge in [0.2, 0.25) is 0 Å². The third kappa shape index (κ3) is 3.60. The molecular weight excluding hydrogens is 418 g/mol. The van der Waals surface area contributed by atoms with Crippen molar-refractivity contribution in [1.82, 2.24) is 4.90 Å². The van der Waals surface area contributed by atoms with E-state index in [0.29, 0.717) is 24.6 Å². The Balaban J connectivity index is 1.51. The van der Waals surface area contributed by atoms with Crippen LogP contribution in [0.5, 0.6) is 17.2 Å². The van der Waals surface area contributed by atoms with Crippen LogP contribution in [0.25, 0.3) is 21.7 Å². The van der Waals surface area contributed by atoms with Gasteiger partial charge < -0.3 is 18.6 Å². The first kappa shape index (κ1) is 21.3. The Morgan fingerprint density at radius 2 is 1.82 bits per heavy atom. The summed E-state index contributed by atoms with van der Waals surface area (Å²) in [4.78, 5) is 14.8. The number of furan rings is 1. The minimum Gasteiger partial charge on any atom is -0.493 e. The molecule has 2 heterocycles. The molecule has 6 nitrogen and oxygen atoms in total. The number of hydrogen-bond acceptors (Lipinski definition) is 6. The first-order chi connectivity index (χ1) is 16.0. The lowest BCUT2D eigenvalue weighted by molar-refractivity contribution is 0.0988. The van der Waals surface area contributed by atoms with Crippen LogP contribution in [0.3, 0.4) is 0 Å². The zero-order chi connectivity index (χ0) is 23.1. The number of hydrogen-bond donors (Lipinski definition) is 0. The average Bonchev–Trinajstić information content (AvgIpc) is 3.20. The second kappa shape index (κ2) is 8.45. The highest BCUT2D eigenvalue weighted by molar-refractivity contribution is 6.17. The van der Waals surface area contributed by atoms with Crippen molar-refractivity contribution >= 4 is 27.5 Å². The van der Waals surface area contributed by atoms with Crippen molar-refractivity contribution in [2.24, 2.45) is 0 Å². The Morgan fingerprint density at radius 1 is 1.06 bits per heavy atom. The number of nitrogens with zero attached hydrogens (tertiary/aromatic N) is 1. The molecule has 0 unspecified atom stereocenters. The van der Waals surface area contributed by atoms with Gasteiger partial charge in [0.05, 0.1) is 19.8 Å². The van der Waals surface area contributed by atoms with E-state index < -0.39 is 0 Å². The van der Waals surface area contributed by atoms with E-state index in [1.807, 2.05) is 37.3 Å². The van der Waals surface area contributed by atoms with E-state index in [4.69, 9.17) is 18.6 Å². The number of methoxy groups -OCH3 is 2. The van der Waals surface area contributed by atoms with E-state index in [0.717, 1.165) is 63.1 Å². The van der Waals surface area contributed by atoms with Crippen LogP contribution in [0, 0.1) is 6.92 Å². The number of aryl methyl sites for hydroxylation is 1. The second-order valence-electron chi connectivity index (χ2n) is 8.41. The minimum atomic E-state index is 0.00572. The Hall–Kier alpha value is -3.51. The largest absolute Gasteiger partial charge is 0.493 e. The molecule has 170 valence electrons. The lowest BCUT2D eigenvalue weighted by Crippen LogP contribution is -2.34. The number of Topliss-reactive ketones (excluding diaryl/α,β-unsaturated/α-hetero) is 1. The average molecular weight is 446 g/mol. The highest BCUT2D eigenvalue weighted by Crippen LogP contribution is 2.44. The van der Waals surface area contributed by atoms with Crippen LogP contribution < -0.4 is 14.2 Å². The molecule has 1 aliphatic heterocycles. The van der Waals surface area contributed by atoms with Gasteiger partial charge in [-0.2, -0.15) is 0 Å². The molecule has 0 fully saturated rings. The van der Waals surface area contributed by atoms with Gasteiger partial charge in [0.15, 0.2) is 17.3 Å². The van der Waals surface area contributed by atoms with Crippen LogP contribution in [-0.4, -0.2) is 38.2 Å². The summed E-state index contributed by atoms with van der Waals surface area (Å²) < 4.78 is 23.2. The molecule has 0 amide bonds. The monoisotopic (exact) mass is 445 g/mol. The predicted molar refractivity (Wildman–Crippen MR) is 128 cm³/mol. The Labute approximate surface area is 192 Å². The maximum Gasteiger partial charge on any atom is 0.163 e. The van der Waals surface area contributed by atoms with Crippen molar-refractivity contribution < 1.29 is 23.4 Å². The van der Waals surface area contributed by atoms with Crippen LogP contribution in [0.2, 0.25) is 0 Å². The normalized spacial score (nSPS) is 13.7. The van der Waals surface area contributed by atoms with E-state index in [2.05, 4.69) is 17.0 Å². The van der Waals surface area contributed by atoms with Crippen molar-refractivity contribution in [2.45, 2.75) is 26.8 Å². The number of carbonyl (C=O) groups excluding carboxylic acids is 1. The van der Waals surface area contributed by atoms with E-state index in [9.17, 15) is 4.79 Å². The third-order valence-corrected chi connectivity index (χ3v) is 6.37. The molecule has 0 aliphatic carbocycles. The zero-order valence-electron chi connectivity index (χ0n) is 19.4. The van der Waals surface area contributed by atoms with Crippen LogP contribution in [0.1, 0.15) is 34.2 Å². The number of rotatable bonds is 6. The summed E-state index contributed by atoms with van der Waals surface area (Å²) in [6.07, 6.45) is 0.833. The zero-order valence-corrected chi connectivity index (χ0v) is 19.4. The molecule has 0 saturated heterocycles. The molecule has 0 spiro atoms. The van der Waals surface area contributed by atoms with E-state index >= 15 is 0 Å². The van der Waals surface area contributed by atoms with Gasteiger partial charge in [-0.05, 0) is 38.0 Å². The Kier molecular flexibility index (Phi) is 5.46. The van der Waals surface area contributed by atoms with Gasteiger partial charge in [-0.1, -0.05) is 30.3 Å². The molecule has 0 saturated carbocycles. The molecule has 6 heteroatoms. The number of fused-ring (bicyclic) bond motifs is 6. The third-order valence-electron chi connectivity index (χ3n) is 6.37. The van der Waals surface area contributed by atoms with Gasteiger partial charge in [0, 0.05) is 34.8 Å². The van der Waals surface area contributed by atoms with E-state index in [1.165, 1.54) is 0 Å². The fourth-order valence-electron chi connectivity index (χ4n) is 4.81. The summed E-state index contributed by atoms with van der Waals surface area (Å²) in [6.45, 7) is 5.43. The Bertz CT molecular complexity index is 1370. The molecular formula is C27H27NO5. The van der Waals surface area contributed by atoms with Gasteiger partial charge in [0.1, 0.15) is 23.8 Å². The predicted octanol–water partition coefficient (Wildman–Crippen LogP) is 5.51. The summed E-state index contributed by atoms with van der Waals surface area (Å²) >= 11 is 0. The minimum absolute atomic E-state index is 0.00572. The number of benzene rings is 3. The molecule has 5 rings (SSSR count). The number of carbonyl (C=O) groups is 1. The van der Waals surface area contributed by atoms with E-state index in [1.54, 1.807) is 21.1 Å². The summed E-state index contributed by atoms with van der Waals surface area (Å²) in [7, 11) is 3.28. The van der Waals surface area contributed by atoms with E-state index in [-0.39, 0.29) is 5.78 Å². The highest BCUT2D eigenvalue weighted by Gasteiger charge is 2.28. The summed E-state index contributed by atoms with van der Waals surface area (Å²) in [5.41, 5.74) is 3.59. The highest BCUT2D eigenvalue weighted by atomic mass is 16.5. The fraction of sp³-hybridized carbons (Fsp3) is 0.296. The van der Waals surface area contributed by atoms with Crippen LogP contribution in [0.4, 0.5) is 0 Å². The van der Waals surface area contributed by atoms with Gasteiger partial charge in [-0.25, -0.2) is 0 Å². The summed E-state index contributed by atoms with van der Waals surface area (Å²) in [5.74, 6) is 2.95. The van der Waals surface area contributed by atoms with Gasteiger partial charge in [-0.3, -0.25) is 9.69 Å². The van der Waals surface area contributed by atoms with Crippen molar-refractivity contribution in [1.29, 1.82) is 0 Å². The lowest BCUT2D eigenvalue weighted by Gasteiger charge is -2.30. The first-order valence-electron chi connectivity index (χ1n) is 11.1. The summed E-state index contributed by atoms with van der Waals surface area (Å²) in [6, 6.07) is 14.1. The lowest BCUT2D eigenvalue weighted by atomic mass is 9.95. The van der Waals surface area contributed by atoms with Crippen LogP contribution >= 0.6 is 0 Å². The van der Waals surface area contributed by atoms with Crippen LogP contribution in [0.15, 0.2) is 46.9 Å². The van der Waals surface area contributed by atoms with Gasteiger partial charge in [0.25, 0.3) is 0 Å². The molecule has 0 N–H and O–H groups in total. The number of ether oxygens (including phenoxy) is 3. The standard InChI is InChI=1S/C27H27NO5/c1-16(29)24-17(2)33-27-20-8-6-5-7-19(20)26-21(25(24)27)14-28(15-32-26)12-11-18-9-10-22(30-3)23(13-18)31-4/h5-10,13H,11-12,14-15H2,1-4H3.